The van der Waals surface area contributed by atoms with Crippen LogP contribution < -0.4 is 32.4 Å². The number of primary sulfonamides is 1. The van der Waals surface area contributed by atoms with E-state index in [1.165, 1.54) is 24.3 Å². The van der Waals surface area contributed by atoms with Crippen molar-refractivity contribution >= 4 is 37.5 Å². The monoisotopic (exact) mass is 553 g/mol. The van der Waals surface area contributed by atoms with Gasteiger partial charge in [-0.05, 0) is 17.7 Å². The number of nitrogen functional groups attached to an aromatic ring is 1. The van der Waals surface area contributed by atoms with E-state index in [-0.39, 0.29) is 66.7 Å². The average Bonchev–Trinajstić information content (AvgIpc) is 3.39. The molecule has 15 nitrogen and oxygen atoms in total. The Kier molecular flexibility index (Phi) is 8.69. The van der Waals surface area contributed by atoms with Crippen LogP contribution in [0.5, 0.6) is 0 Å². The number of hydrogen-bond acceptors (Lipinski definition) is 12. The molecule has 0 saturated heterocycles. The number of amides is 1. The van der Waals surface area contributed by atoms with Gasteiger partial charge in [0, 0.05) is 31.2 Å². The molecule has 2 aromatic carbocycles. The van der Waals surface area contributed by atoms with Gasteiger partial charge in [-0.1, -0.05) is 18.2 Å². The summed E-state index contributed by atoms with van der Waals surface area (Å²) in [5, 5.41) is 24.7. The summed E-state index contributed by atoms with van der Waals surface area (Å²) in [5.74, 6) is -0.780. The van der Waals surface area contributed by atoms with Gasteiger partial charge >= 0.3 is 0 Å². The maximum atomic E-state index is 12.9. The lowest BCUT2D eigenvalue weighted by atomic mass is 9.95. The van der Waals surface area contributed by atoms with Crippen LogP contribution in [0.15, 0.2) is 55.3 Å². The van der Waals surface area contributed by atoms with Gasteiger partial charge in [0.1, 0.15) is 9.79 Å². The third kappa shape index (κ3) is 6.16. The summed E-state index contributed by atoms with van der Waals surface area (Å²) < 4.78 is 53.7. The number of para-hydroxylation sites is 1. The molecule has 17 heteroatoms. The molecule has 0 radical (unpaired) electrons. The van der Waals surface area contributed by atoms with Gasteiger partial charge in [0.05, 0.1) is 23.4 Å². The molecule has 0 fully saturated rings. The predicted octanol–water partition coefficient (Wildman–Crippen LogP) is -1.96. The first-order chi connectivity index (χ1) is 17.4. The lowest BCUT2D eigenvalue weighted by molar-refractivity contribution is 0.0948. The molecule has 0 unspecified atom stereocenters. The van der Waals surface area contributed by atoms with Gasteiger partial charge in [-0.25, -0.2) is 31.7 Å². The fraction of sp³-hybridized carbons (Fsp3) is 0.300. The van der Waals surface area contributed by atoms with E-state index in [0.29, 0.717) is 0 Å². The predicted molar refractivity (Wildman–Crippen MR) is 136 cm³/mol. The zero-order valence-electron chi connectivity index (χ0n) is 19.5. The van der Waals surface area contributed by atoms with Crippen LogP contribution in [0, 0.1) is 0 Å². The van der Waals surface area contributed by atoms with Crippen LogP contribution in [0.4, 0.5) is 5.69 Å². The summed E-state index contributed by atoms with van der Waals surface area (Å²) in [6.45, 7) is -0.691. The second kappa shape index (κ2) is 11.4. The molecule has 0 bridgehead atoms. The van der Waals surface area contributed by atoms with Crippen LogP contribution in [0.2, 0.25) is 0 Å². The Bertz CT molecular complexity index is 1470. The summed E-state index contributed by atoms with van der Waals surface area (Å²) in [5.41, 5.74) is 17.3. The quantitative estimate of drug-likeness (QED) is 0.152. The van der Waals surface area contributed by atoms with E-state index in [9.17, 15) is 21.6 Å². The zero-order chi connectivity index (χ0) is 27.4. The van der Waals surface area contributed by atoms with Crippen LogP contribution in [0.1, 0.15) is 15.9 Å². The van der Waals surface area contributed by atoms with E-state index < -0.39 is 41.8 Å². The molecule has 1 aliphatic heterocycles. The molecule has 11 N–H and O–H groups in total. The molecule has 200 valence electrons. The zero-order valence-corrected chi connectivity index (χ0v) is 21.1. The van der Waals surface area contributed by atoms with Gasteiger partial charge in [0.25, 0.3) is 5.91 Å². The van der Waals surface area contributed by atoms with E-state index in [4.69, 9.17) is 27.4 Å². The Balaban J connectivity index is 2.29. The Hall–Kier alpha value is -3.32. The van der Waals surface area contributed by atoms with Gasteiger partial charge in [0.15, 0.2) is 12.5 Å². The molecule has 2 aromatic rings. The topological polar surface area (TPSA) is 271 Å². The molecule has 1 amide bonds. The number of amidine groups is 1. The van der Waals surface area contributed by atoms with Crippen LogP contribution in [0.25, 0.3) is 11.1 Å². The number of azo groups is 1. The molecule has 1 atom stereocenters. The van der Waals surface area contributed by atoms with Gasteiger partial charge in [-0.3, -0.25) is 4.79 Å². The Labute approximate surface area is 213 Å². The van der Waals surface area contributed by atoms with Crippen molar-refractivity contribution in [3.8, 4) is 11.1 Å². The molecular weight excluding hydrogens is 526 g/mol. The van der Waals surface area contributed by atoms with E-state index in [1.807, 2.05) is 0 Å². The van der Waals surface area contributed by atoms with Crippen molar-refractivity contribution in [3.63, 3.8) is 0 Å². The maximum absolute atomic E-state index is 12.9. The van der Waals surface area contributed by atoms with Crippen molar-refractivity contribution < 1.29 is 26.7 Å². The first kappa shape index (κ1) is 28.3. The van der Waals surface area contributed by atoms with Crippen molar-refractivity contribution in [2.75, 3.05) is 38.6 Å². The molecule has 1 aliphatic rings. The summed E-state index contributed by atoms with van der Waals surface area (Å²) in [7, 11) is -9.07. The summed E-state index contributed by atoms with van der Waals surface area (Å²) in [6.07, 6.45) is 0. The van der Waals surface area contributed by atoms with Crippen molar-refractivity contribution in [2.24, 2.45) is 31.8 Å². The average molecular weight is 554 g/mol. The number of hydrogen-bond donors (Lipinski definition) is 7. The molecule has 0 spiro atoms. The Morgan fingerprint density at radius 3 is 2.46 bits per heavy atom. The highest BCUT2D eigenvalue weighted by molar-refractivity contribution is 7.92. The standard InChI is InChI=1S/C20H27N9O6S2/c21-6-7-28-37(34,35)15-5-4-12(16(18(15)36(24,32)33)19-26-10-27-29-19)13-2-1-3-14(17(13)23)20(31)25-8-11(22)9-30/h1-5,11,28,30H,6-10,21-23H2,(H,25,31)(H2,24,32,33)/t11-/m1/s1. The van der Waals surface area contributed by atoms with Crippen molar-refractivity contribution in [3.05, 3.63) is 41.5 Å². The third-order valence-electron chi connectivity index (χ3n) is 5.21. The van der Waals surface area contributed by atoms with Crippen LogP contribution in [-0.4, -0.2) is 72.6 Å². The number of rotatable bonds is 11. The molecule has 0 saturated carbocycles. The fourth-order valence-electron chi connectivity index (χ4n) is 3.51. The van der Waals surface area contributed by atoms with Crippen molar-refractivity contribution in [1.29, 1.82) is 0 Å². The smallest absolute Gasteiger partial charge is 0.253 e. The van der Waals surface area contributed by atoms with Gasteiger partial charge in [-0.2, -0.15) is 5.11 Å². The first-order valence-electron chi connectivity index (χ1n) is 10.8. The number of nitrogens with one attached hydrogen (secondary N) is 2. The van der Waals surface area contributed by atoms with E-state index >= 15 is 0 Å². The number of aliphatic imine (C=N–C) groups is 1. The van der Waals surface area contributed by atoms with Crippen LogP contribution in [0.3, 0.4) is 0 Å². The number of sulfonamides is 2. The molecule has 3 rings (SSSR count). The van der Waals surface area contributed by atoms with Crippen molar-refractivity contribution in [1.82, 2.24) is 10.0 Å². The van der Waals surface area contributed by atoms with Gasteiger partial charge in [0.2, 0.25) is 20.0 Å². The Morgan fingerprint density at radius 1 is 1.14 bits per heavy atom. The van der Waals surface area contributed by atoms with Crippen LogP contribution >= 0.6 is 0 Å². The summed E-state index contributed by atoms with van der Waals surface area (Å²) in [4.78, 5) is 15.4. The molecule has 1 heterocycles. The van der Waals surface area contributed by atoms with Gasteiger partial charge in [-0.15, -0.1) is 5.11 Å². The largest absolute Gasteiger partial charge is 0.398 e. The minimum atomic E-state index is -4.69. The van der Waals surface area contributed by atoms with E-state index in [0.717, 1.165) is 6.07 Å². The molecule has 0 aliphatic carbocycles. The number of carbonyl (C=O) groups is 1. The number of nitrogens with two attached hydrogens (primary N) is 4. The normalized spacial score (nSPS) is 14.4. The highest BCUT2D eigenvalue weighted by Crippen LogP contribution is 2.38. The number of carbonyl (C=O) groups excluding carboxylic acids is 1. The number of anilines is 1. The number of nitrogens with zero attached hydrogens (tertiary/aromatic N) is 3. The van der Waals surface area contributed by atoms with E-state index in [1.54, 1.807) is 0 Å². The second-order valence-electron chi connectivity index (χ2n) is 7.83. The number of aliphatic hydroxyl groups excluding tert-OH is 1. The van der Waals surface area contributed by atoms with Gasteiger partial charge < -0.3 is 27.6 Å². The van der Waals surface area contributed by atoms with Crippen molar-refractivity contribution in [2.45, 2.75) is 15.8 Å². The highest BCUT2D eigenvalue weighted by atomic mass is 32.2. The minimum Gasteiger partial charge on any atom is -0.398 e. The maximum Gasteiger partial charge on any atom is 0.253 e. The van der Waals surface area contributed by atoms with Crippen LogP contribution in [-0.2, 0) is 20.0 Å². The summed E-state index contributed by atoms with van der Waals surface area (Å²) >= 11 is 0. The molecular formula is C20H27N9O6S2. The van der Waals surface area contributed by atoms with E-state index in [2.05, 4.69) is 25.3 Å². The third-order valence-corrected chi connectivity index (χ3v) is 7.83. The molecule has 0 aromatic heterocycles. The second-order valence-corrected chi connectivity index (χ2v) is 11.1. The number of benzene rings is 2. The molecule has 37 heavy (non-hydrogen) atoms. The minimum absolute atomic E-state index is 0.0284. The summed E-state index contributed by atoms with van der Waals surface area (Å²) in [6, 6.07) is 6.11. The fourth-order valence-corrected chi connectivity index (χ4v) is 6.16. The lowest BCUT2D eigenvalue weighted by Gasteiger charge is -2.19. The SMILES string of the molecule is NCCNS(=O)(=O)c1ccc(-c2cccc(C(=O)NC[C@@H](N)CO)c2N)c(C2=NCN=N2)c1S(N)(=O)=O. The first-order valence-corrected chi connectivity index (χ1v) is 13.8. The highest BCUT2D eigenvalue weighted by Gasteiger charge is 2.33. The lowest BCUT2D eigenvalue weighted by Crippen LogP contribution is -2.39. The Morgan fingerprint density at radius 2 is 1.86 bits per heavy atom. The number of aliphatic hydroxyl groups is 1.